The van der Waals surface area contributed by atoms with Gasteiger partial charge in [0.2, 0.25) is 0 Å². The topological polar surface area (TPSA) is 27.8 Å². The van der Waals surface area contributed by atoms with Gasteiger partial charge in [-0.25, -0.2) is 0 Å². The van der Waals surface area contributed by atoms with Crippen molar-refractivity contribution in [1.82, 2.24) is 10.3 Å². The van der Waals surface area contributed by atoms with Gasteiger partial charge in [0, 0.05) is 29.2 Å². The van der Waals surface area contributed by atoms with E-state index in [9.17, 15) is 0 Å². The molecule has 1 unspecified atom stereocenters. The quantitative estimate of drug-likeness (QED) is 0.808. The molecular weight excluding hydrogens is 208 g/mol. The summed E-state index contributed by atoms with van der Waals surface area (Å²) < 4.78 is 0. The van der Waals surface area contributed by atoms with Crippen molar-refractivity contribution in [3.63, 3.8) is 0 Å². The number of H-pyrrole nitrogens is 1. The maximum Gasteiger partial charge on any atom is 0.0456 e. The molecule has 0 radical (unpaired) electrons. The monoisotopic (exact) mass is 230 g/mol. The molecule has 17 heavy (non-hydrogen) atoms. The highest BCUT2D eigenvalue weighted by Gasteiger charge is 2.07. The first-order chi connectivity index (χ1) is 8.16. The van der Waals surface area contributed by atoms with Gasteiger partial charge in [-0.1, -0.05) is 32.0 Å². The van der Waals surface area contributed by atoms with E-state index in [2.05, 4.69) is 61.5 Å². The molecule has 0 aliphatic carbocycles. The van der Waals surface area contributed by atoms with E-state index in [1.54, 1.807) is 0 Å². The molecule has 0 aliphatic heterocycles. The van der Waals surface area contributed by atoms with Gasteiger partial charge in [0.1, 0.15) is 0 Å². The second kappa shape index (κ2) is 5.37. The zero-order valence-corrected chi connectivity index (χ0v) is 11.0. The van der Waals surface area contributed by atoms with Crippen LogP contribution in [0.1, 0.15) is 32.8 Å². The number of fused-ring (bicyclic) bond motifs is 1. The second-order valence-corrected chi connectivity index (χ2v) is 5.12. The van der Waals surface area contributed by atoms with Crippen molar-refractivity contribution in [2.24, 2.45) is 0 Å². The fraction of sp³-hybridized carbons (Fsp3) is 0.467. The van der Waals surface area contributed by atoms with Gasteiger partial charge in [-0.2, -0.15) is 0 Å². The summed E-state index contributed by atoms with van der Waals surface area (Å²) >= 11 is 0. The summed E-state index contributed by atoms with van der Waals surface area (Å²) in [5.74, 6) is 0. The summed E-state index contributed by atoms with van der Waals surface area (Å²) in [5, 5.41) is 4.91. The van der Waals surface area contributed by atoms with Crippen LogP contribution in [0.3, 0.4) is 0 Å². The fourth-order valence-electron chi connectivity index (χ4n) is 2.36. The first kappa shape index (κ1) is 12.2. The number of aromatic amines is 1. The minimum absolute atomic E-state index is 0.563. The average molecular weight is 230 g/mol. The molecule has 0 saturated heterocycles. The Balaban J connectivity index is 1.99. The average Bonchev–Trinajstić information content (AvgIpc) is 2.69. The third kappa shape index (κ3) is 3.10. The highest BCUT2D eigenvalue weighted by atomic mass is 14.9. The predicted octanol–water partition coefficient (Wildman–Crippen LogP) is 3.49. The van der Waals surface area contributed by atoms with Crippen LogP contribution in [-0.4, -0.2) is 17.1 Å². The molecule has 1 aromatic carbocycles. The number of nitrogens with one attached hydrogen (secondary N) is 2. The predicted molar refractivity (Wildman–Crippen MR) is 74.4 cm³/mol. The smallest absolute Gasteiger partial charge is 0.0456 e. The standard InChI is InChI=1S/C15H22N2/c1-11(2)17-12(3)8-9-13-10-16-15-7-5-4-6-14(13)15/h4-7,10-12,16-17H,8-9H2,1-3H3. The number of hydrogen-bond acceptors (Lipinski definition) is 1. The highest BCUT2D eigenvalue weighted by Crippen LogP contribution is 2.19. The molecule has 1 heterocycles. The molecular formula is C15H22N2. The third-order valence-electron chi connectivity index (χ3n) is 3.14. The minimum Gasteiger partial charge on any atom is -0.361 e. The van der Waals surface area contributed by atoms with Crippen LogP contribution in [0.4, 0.5) is 0 Å². The van der Waals surface area contributed by atoms with Crippen molar-refractivity contribution >= 4 is 10.9 Å². The van der Waals surface area contributed by atoms with Crippen LogP contribution in [0, 0.1) is 0 Å². The minimum atomic E-state index is 0.563. The molecule has 0 amide bonds. The Morgan fingerprint density at radius 2 is 1.94 bits per heavy atom. The van der Waals surface area contributed by atoms with E-state index in [0.717, 1.165) is 6.42 Å². The van der Waals surface area contributed by atoms with Gasteiger partial charge < -0.3 is 10.3 Å². The van der Waals surface area contributed by atoms with Crippen LogP contribution in [0.15, 0.2) is 30.5 Å². The lowest BCUT2D eigenvalue weighted by molar-refractivity contribution is 0.466. The van der Waals surface area contributed by atoms with Gasteiger partial charge in [0.15, 0.2) is 0 Å². The van der Waals surface area contributed by atoms with Crippen molar-refractivity contribution in [2.75, 3.05) is 0 Å². The lowest BCUT2D eigenvalue weighted by atomic mass is 10.0. The maximum absolute atomic E-state index is 3.54. The van der Waals surface area contributed by atoms with Gasteiger partial charge in [0.25, 0.3) is 0 Å². The number of para-hydroxylation sites is 1. The Morgan fingerprint density at radius 3 is 2.71 bits per heavy atom. The molecule has 2 nitrogen and oxygen atoms in total. The van der Waals surface area contributed by atoms with E-state index in [1.807, 2.05) is 0 Å². The van der Waals surface area contributed by atoms with Crippen molar-refractivity contribution in [1.29, 1.82) is 0 Å². The van der Waals surface area contributed by atoms with Crippen molar-refractivity contribution in [3.05, 3.63) is 36.0 Å². The second-order valence-electron chi connectivity index (χ2n) is 5.12. The summed E-state index contributed by atoms with van der Waals surface area (Å²) in [4.78, 5) is 3.33. The highest BCUT2D eigenvalue weighted by molar-refractivity contribution is 5.82. The zero-order chi connectivity index (χ0) is 12.3. The van der Waals surface area contributed by atoms with Crippen LogP contribution in [-0.2, 0) is 6.42 Å². The van der Waals surface area contributed by atoms with Crippen molar-refractivity contribution in [2.45, 2.75) is 45.7 Å². The summed E-state index contributed by atoms with van der Waals surface area (Å²) in [6, 6.07) is 9.65. The Kier molecular flexibility index (Phi) is 3.85. The molecule has 1 aromatic heterocycles. The van der Waals surface area contributed by atoms with E-state index < -0.39 is 0 Å². The third-order valence-corrected chi connectivity index (χ3v) is 3.14. The molecule has 0 aliphatic rings. The number of aryl methyl sites for hydroxylation is 1. The van der Waals surface area contributed by atoms with Gasteiger partial charge >= 0.3 is 0 Å². The van der Waals surface area contributed by atoms with E-state index in [1.165, 1.54) is 22.9 Å². The van der Waals surface area contributed by atoms with Crippen LogP contribution in [0.2, 0.25) is 0 Å². The number of hydrogen-bond donors (Lipinski definition) is 2. The molecule has 0 fully saturated rings. The van der Waals surface area contributed by atoms with E-state index in [-0.39, 0.29) is 0 Å². The summed E-state index contributed by atoms with van der Waals surface area (Å²) in [5.41, 5.74) is 2.67. The van der Waals surface area contributed by atoms with Crippen molar-refractivity contribution in [3.8, 4) is 0 Å². The number of benzene rings is 1. The van der Waals surface area contributed by atoms with E-state index >= 15 is 0 Å². The van der Waals surface area contributed by atoms with Crippen LogP contribution >= 0.6 is 0 Å². The Bertz CT molecular complexity index is 470. The maximum atomic E-state index is 3.54. The number of aromatic nitrogens is 1. The molecule has 0 bridgehead atoms. The van der Waals surface area contributed by atoms with Crippen LogP contribution in [0.25, 0.3) is 10.9 Å². The Morgan fingerprint density at radius 1 is 1.18 bits per heavy atom. The molecule has 2 N–H and O–H groups in total. The molecule has 92 valence electrons. The first-order valence-electron chi connectivity index (χ1n) is 6.48. The largest absolute Gasteiger partial charge is 0.361 e. The lowest BCUT2D eigenvalue weighted by Gasteiger charge is -2.16. The summed E-state index contributed by atoms with van der Waals surface area (Å²) in [6.45, 7) is 6.65. The summed E-state index contributed by atoms with van der Waals surface area (Å²) in [6.07, 6.45) is 4.46. The van der Waals surface area contributed by atoms with Crippen molar-refractivity contribution < 1.29 is 0 Å². The van der Waals surface area contributed by atoms with Crippen LogP contribution in [0.5, 0.6) is 0 Å². The van der Waals surface area contributed by atoms with Gasteiger partial charge in [-0.3, -0.25) is 0 Å². The van der Waals surface area contributed by atoms with E-state index in [4.69, 9.17) is 0 Å². The lowest BCUT2D eigenvalue weighted by Crippen LogP contribution is -2.32. The Labute approximate surface area is 103 Å². The normalized spacial score (nSPS) is 13.4. The van der Waals surface area contributed by atoms with Gasteiger partial charge in [-0.05, 0) is 31.4 Å². The van der Waals surface area contributed by atoms with E-state index in [0.29, 0.717) is 12.1 Å². The molecule has 2 heteroatoms. The molecule has 2 aromatic rings. The van der Waals surface area contributed by atoms with Gasteiger partial charge in [0.05, 0.1) is 0 Å². The SMILES string of the molecule is CC(C)NC(C)CCc1c[nH]c2ccccc12. The molecule has 0 saturated carbocycles. The van der Waals surface area contributed by atoms with Gasteiger partial charge in [-0.15, -0.1) is 0 Å². The fourth-order valence-corrected chi connectivity index (χ4v) is 2.36. The Hall–Kier alpha value is -1.28. The number of rotatable bonds is 5. The zero-order valence-electron chi connectivity index (χ0n) is 11.0. The molecule has 0 spiro atoms. The molecule has 1 atom stereocenters. The first-order valence-corrected chi connectivity index (χ1v) is 6.48. The molecule has 2 rings (SSSR count). The summed E-state index contributed by atoms with van der Waals surface area (Å²) in [7, 11) is 0. The van der Waals surface area contributed by atoms with Crippen LogP contribution < -0.4 is 5.32 Å².